The first kappa shape index (κ1) is 28.9. The summed E-state index contributed by atoms with van der Waals surface area (Å²) in [5.41, 5.74) is 1.81. The van der Waals surface area contributed by atoms with Crippen LogP contribution in [0.5, 0.6) is 11.5 Å². The molecule has 0 aliphatic carbocycles. The number of rotatable bonds is 13. The Balaban J connectivity index is 1.37. The Morgan fingerprint density at radius 2 is 1.73 bits per heavy atom. The zero-order chi connectivity index (χ0) is 28.3. The van der Waals surface area contributed by atoms with Crippen LogP contribution >= 0.6 is 22.7 Å². The summed E-state index contributed by atoms with van der Waals surface area (Å²) >= 11 is 2.77. The molecule has 206 valence electrons. The third-order valence-corrected chi connectivity index (χ3v) is 8.00. The number of thiophene rings is 1. The van der Waals surface area contributed by atoms with Crippen LogP contribution in [-0.2, 0) is 4.79 Å². The van der Waals surface area contributed by atoms with Crippen molar-refractivity contribution in [2.45, 2.75) is 40.0 Å². The minimum atomic E-state index is -0.717. The van der Waals surface area contributed by atoms with E-state index in [0.29, 0.717) is 23.2 Å². The van der Waals surface area contributed by atoms with Crippen LogP contribution in [0.15, 0.2) is 70.4 Å². The molecule has 0 unspecified atom stereocenters. The van der Waals surface area contributed by atoms with Gasteiger partial charge in [-0.1, -0.05) is 31.1 Å². The summed E-state index contributed by atoms with van der Waals surface area (Å²) in [4.78, 5) is 20.9. The molecule has 4 aromatic rings. The molecule has 2 aromatic heterocycles. The van der Waals surface area contributed by atoms with Crippen LogP contribution < -0.4 is 14.4 Å². The van der Waals surface area contributed by atoms with Gasteiger partial charge in [0.25, 0.3) is 0 Å². The SMILES string of the molecule is CCCCCOc1ccc(OC(=O)/C(C#N)=C/c2cc3sc(N=Nc4ccc(N(CC)CC)cc4)nc3s2)cc1. The van der Waals surface area contributed by atoms with E-state index in [1.54, 1.807) is 24.3 Å². The molecule has 0 atom stereocenters. The molecule has 10 heteroatoms. The van der Waals surface area contributed by atoms with Crippen molar-refractivity contribution in [1.29, 1.82) is 5.26 Å². The molecular weight excluding hydrogens is 542 g/mol. The Morgan fingerprint density at radius 1 is 1.00 bits per heavy atom. The van der Waals surface area contributed by atoms with Crippen LogP contribution in [0.25, 0.3) is 15.6 Å². The lowest BCUT2D eigenvalue weighted by Gasteiger charge is -2.20. The molecule has 2 heterocycles. The fraction of sp³-hybridized carbons (Fsp3) is 0.300. The molecule has 0 bridgehead atoms. The van der Waals surface area contributed by atoms with Gasteiger partial charge in [0, 0.05) is 23.7 Å². The van der Waals surface area contributed by atoms with Crippen molar-refractivity contribution in [3.05, 3.63) is 65.0 Å². The number of aromatic nitrogens is 1. The third kappa shape index (κ3) is 7.74. The Labute approximate surface area is 242 Å². The van der Waals surface area contributed by atoms with E-state index in [4.69, 9.17) is 9.47 Å². The third-order valence-electron chi connectivity index (χ3n) is 6.00. The highest BCUT2D eigenvalue weighted by molar-refractivity contribution is 7.29. The number of thiazole rings is 1. The molecule has 0 saturated carbocycles. The smallest absolute Gasteiger partial charge is 0.354 e. The van der Waals surface area contributed by atoms with E-state index in [0.717, 1.165) is 58.1 Å². The van der Waals surface area contributed by atoms with Gasteiger partial charge in [0.2, 0.25) is 5.13 Å². The quantitative estimate of drug-likeness (QED) is 0.0396. The van der Waals surface area contributed by atoms with E-state index < -0.39 is 5.97 Å². The number of unbranched alkanes of at least 4 members (excludes halogenated alkanes) is 2. The van der Waals surface area contributed by atoms with Gasteiger partial charge >= 0.3 is 5.97 Å². The zero-order valence-electron chi connectivity index (χ0n) is 22.8. The largest absolute Gasteiger partial charge is 0.494 e. The average molecular weight is 574 g/mol. The van der Waals surface area contributed by atoms with Gasteiger partial charge < -0.3 is 14.4 Å². The minimum absolute atomic E-state index is 0.0955. The molecule has 2 aromatic carbocycles. The second-order valence-corrected chi connectivity index (χ2v) is 10.9. The van der Waals surface area contributed by atoms with Crippen LogP contribution in [0.4, 0.5) is 16.5 Å². The second-order valence-electron chi connectivity index (χ2n) is 8.79. The summed E-state index contributed by atoms with van der Waals surface area (Å²) < 4.78 is 12.0. The van der Waals surface area contributed by atoms with E-state index in [-0.39, 0.29) is 5.57 Å². The predicted molar refractivity (Wildman–Crippen MR) is 162 cm³/mol. The van der Waals surface area contributed by atoms with Gasteiger partial charge in [0.15, 0.2) is 0 Å². The van der Waals surface area contributed by atoms with Crippen LogP contribution in [-0.4, -0.2) is 30.6 Å². The van der Waals surface area contributed by atoms with Crippen molar-refractivity contribution in [3.8, 4) is 17.6 Å². The van der Waals surface area contributed by atoms with Crippen molar-refractivity contribution in [2.24, 2.45) is 10.2 Å². The highest BCUT2D eigenvalue weighted by Crippen LogP contribution is 2.36. The summed E-state index contributed by atoms with van der Waals surface area (Å²) in [5, 5.41) is 18.7. The zero-order valence-corrected chi connectivity index (χ0v) is 24.4. The van der Waals surface area contributed by atoms with Gasteiger partial charge in [-0.25, -0.2) is 9.78 Å². The van der Waals surface area contributed by atoms with E-state index in [1.807, 2.05) is 36.4 Å². The molecule has 8 nitrogen and oxygen atoms in total. The number of nitriles is 1. The van der Waals surface area contributed by atoms with Gasteiger partial charge in [-0.2, -0.15) is 5.26 Å². The molecule has 0 N–H and O–H groups in total. The van der Waals surface area contributed by atoms with Crippen molar-refractivity contribution in [1.82, 2.24) is 4.98 Å². The van der Waals surface area contributed by atoms with Crippen molar-refractivity contribution < 1.29 is 14.3 Å². The van der Waals surface area contributed by atoms with Gasteiger partial charge in [-0.05, 0) is 80.9 Å². The predicted octanol–water partition coefficient (Wildman–Crippen LogP) is 8.70. The molecule has 40 heavy (non-hydrogen) atoms. The Bertz CT molecular complexity index is 1480. The van der Waals surface area contributed by atoms with Crippen LogP contribution in [0.2, 0.25) is 0 Å². The van der Waals surface area contributed by atoms with E-state index in [9.17, 15) is 10.1 Å². The standard InChI is InChI=1S/C30H31N5O3S2/c1-4-7-8-17-37-24-13-15-25(16-14-24)38-29(36)21(20-31)18-26-19-27-28(39-26)32-30(40-27)34-33-22-9-11-23(12-10-22)35(5-2)6-3/h9-16,18-19H,4-8,17H2,1-3H3/b21-18+,34-33?. The molecule has 0 radical (unpaired) electrons. The number of hydrogen-bond donors (Lipinski definition) is 0. The number of hydrogen-bond acceptors (Lipinski definition) is 10. The first-order valence-electron chi connectivity index (χ1n) is 13.3. The fourth-order valence-corrected chi connectivity index (χ4v) is 5.85. The minimum Gasteiger partial charge on any atom is -0.494 e. The highest BCUT2D eigenvalue weighted by atomic mass is 32.1. The van der Waals surface area contributed by atoms with Gasteiger partial charge in [-0.15, -0.1) is 21.6 Å². The lowest BCUT2D eigenvalue weighted by atomic mass is 10.2. The number of esters is 1. The Morgan fingerprint density at radius 3 is 2.38 bits per heavy atom. The summed E-state index contributed by atoms with van der Waals surface area (Å²) in [5.74, 6) is 0.342. The highest BCUT2D eigenvalue weighted by Gasteiger charge is 2.15. The van der Waals surface area contributed by atoms with Gasteiger partial charge in [-0.3, -0.25) is 0 Å². The molecule has 0 amide bonds. The average Bonchev–Trinajstić information content (AvgIpc) is 3.53. The number of nitrogens with zero attached hydrogens (tertiary/aromatic N) is 5. The number of anilines is 1. The first-order valence-corrected chi connectivity index (χ1v) is 14.9. The van der Waals surface area contributed by atoms with Crippen LogP contribution in [0.1, 0.15) is 44.9 Å². The number of carbonyl (C=O) groups is 1. The molecule has 0 fully saturated rings. The molecule has 0 saturated heterocycles. The number of fused-ring (bicyclic) bond motifs is 1. The van der Waals surface area contributed by atoms with E-state index in [1.165, 1.54) is 28.7 Å². The molecule has 0 aliphatic heterocycles. The summed E-state index contributed by atoms with van der Waals surface area (Å²) in [6.45, 7) is 8.95. The van der Waals surface area contributed by atoms with E-state index >= 15 is 0 Å². The van der Waals surface area contributed by atoms with E-state index in [2.05, 4.69) is 40.9 Å². The maximum Gasteiger partial charge on any atom is 0.354 e. The lowest BCUT2D eigenvalue weighted by molar-refractivity contribution is -0.129. The monoisotopic (exact) mass is 573 g/mol. The molecular formula is C30H31N5O3S2. The number of ether oxygens (including phenoxy) is 2. The Kier molecular flexibility index (Phi) is 10.4. The molecule has 0 aliphatic rings. The van der Waals surface area contributed by atoms with Crippen LogP contribution in [0.3, 0.4) is 0 Å². The van der Waals surface area contributed by atoms with Crippen molar-refractivity contribution >= 4 is 60.8 Å². The Hall–Kier alpha value is -4.07. The molecule has 0 spiro atoms. The number of carbonyl (C=O) groups excluding carboxylic acids is 1. The van der Waals surface area contributed by atoms with Gasteiger partial charge in [0.1, 0.15) is 28.0 Å². The van der Waals surface area contributed by atoms with Crippen LogP contribution in [0, 0.1) is 11.3 Å². The molecule has 4 rings (SSSR count). The van der Waals surface area contributed by atoms with Crippen molar-refractivity contribution in [3.63, 3.8) is 0 Å². The lowest BCUT2D eigenvalue weighted by Crippen LogP contribution is -2.21. The summed E-state index contributed by atoms with van der Waals surface area (Å²) in [6.07, 6.45) is 4.77. The maximum absolute atomic E-state index is 12.6. The summed E-state index contributed by atoms with van der Waals surface area (Å²) in [6, 6.07) is 18.6. The summed E-state index contributed by atoms with van der Waals surface area (Å²) in [7, 11) is 0. The normalized spacial score (nSPS) is 11.6. The number of benzene rings is 2. The fourth-order valence-electron chi connectivity index (χ4n) is 3.86. The first-order chi connectivity index (χ1) is 19.5. The second kappa shape index (κ2) is 14.4. The van der Waals surface area contributed by atoms with Gasteiger partial charge in [0.05, 0.1) is 17.0 Å². The number of azo groups is 1. The maximum atomic E-state index is 12.6. The topological polar surface area (TPSA) is 100 Å². The van der Waals surface area contributed by atoms with Crippen molar-refractivity contribution in [2.75, 3.05) is 24.6 Å².